The summed E-state index contributed by atoms with van der Waals surface area (Å²) < 4.78 is 25.6. The molecule has 5 heteroatoms. The minimum absolute atomic E-state index is 0.0490. The van der Waals surface area contributed by atoms with Crippen molar-refractivity contribution in [2.75, 3.05) is 10.8 Å². The smallest absolute Gasteiger partial charge is 0.257 e. The Bertz CT molecular complexity index is 826. The number of hydrogen-bond donors (Lipinski definition) is 0. The van der Waals surface area contributed by atoms with Crippen LogP contribution in [0.1, 0.15) is 15.9 Å². The molecule has 23 heavy (non-hydrogen) atoms. The van der Waals surface area contributed by atoms with Gasteiger partial charge in [-0.25, -0.2) is 8.42 Å². The highest BCUT2D eigenvalue weighted by Crippen LogP contribution is 2.26. The van der Waals surface area contributed by atoms with Crippen LogP contribution < -0.4 is 4.31 Å². The molecule has 0 aliphatic carbocycles. The minimum Gasteiger partial charge on any atom is -0.289 e. The molecule has 0 saturated heterocycles. The average molecular weight is 327 g/mol. The summed E-state index contributed by atoms with van der Waals surface area (Å²) in [7, 11) is -3.74. The first-order valence-corrected chi connectivity index (χ1v) is 8.46. The van der Waals surface area contributed by atoms with Crippen molar-refractivity contribution in [2.45, 2.75) is 0 Å². The van der Waals surface area contributed by atoms with Crippen LogP contribution in [-0.2, 0) is 10.0 Å². The fourth-order valence-corrected chi connectivity index (χ4v) is 3.10. The third kappa shape index (κ3) is 3.57. The number of anilines is 1. The van der Waals surface area contributed by atoms with Crippen molar-refractivity contribution in [3.8, 4) is 0 Å². The largest absolute Gasteiger partial charge is 0.289 e. The van der Waals surface area contributed by atoms with Crippen molar-refractivity contribution >= 4 is 21.5 Å². The summed E-state index contributed by atoms with van der Waals surface area (Å²) >= 11 is 0. The lowest BCUT2D eigenvalue weighted by molar-refractivity contribution is 0.103. The normalized spacial score (nSPS) is 10.8. The number of carbonyl (C=O) groups is 1. The summed E-state index contributed by atoms with van der Waals surface area (Å²) in [6.45, 7) is 6.98. The maximum Gasteiger partial charge on any atom is 0.257 e. The lowest BCUT2D eigenvalue weighted by atomic mass is 10.0. The highest BCUT2D eigenvalue weighted by molar-refractivity contribution is 7.95. The number of rotatable bonds is 7. The van der Waals surface area contributed by atoms with E-state index in [1.807, 2.05) is 6.07 Å². The molecule has 2 aromatic rings. The van der Waals surface area contributed by atoms with Gasteiger partial charge in [-0.1, -0.05) is 55.1 Å². The van der Waals surface area contributed by atoms with Crippen molar-refractivity contribution in [1.29, 1.82) is 0 Å². The number of carbonyl (C=O) groups excluding carboxylic acids is 1. The van der Waals surface area contributed by atoms with Crippen molar-refractivity contribution in [3.05, 3.63) is 90.4 Å². The van der Waals surface area contributed by atoms with E-state index in [0.717, 1.165) is 9.71 Å². The van der Waals surface area contributed by atoms with Crippen LogP contribution in [0.3, 0.4) is 0 Å². The lowest BCUT2D eigenvalue weighted by Gasteiger charge is -2.23. The summed E-state index contributed by atoms with van der Waals surface area (Å²) in [5.74, 6) is -0.241. The number of hydrogen-bond acceptors (Lipinski definition) is 3. The van der Waals surface area contributed by atoms with Gasteiger partial charge in [0.25, 0.3) is 10.0 Å². The Labute approximate surface area is 136 Å². The molecule has 0 saturated carbocycles. The van der Waals surface area contributed by atoms with Crippen LogP contribution in [0.5, 0.6) is 0 Å². The zero-order valence-corrected chi connectivity index (χ0v) is 13.4. The summed E-state index contributed by atoms with van der Waals surface area (Å²) in [4.78, 5) is 12.7. The Hall–Kier alpha value is -2.66. The van der Waals surface area contributed by atoms with Gasteiger partial charge in [0, 0.05) is 16.5 Å². The number of para-hydroxylation sites is 1. The van der Waals surface area contributed by atoms with Gasteiger partial charge in [-0.2, -0.15) is 0 Å². The van der Waals surface area contributed by atoms with Gasteiger partial charge >= 0.3 is 0 Å². The molecular formula is C18H17NO3S. The molecule has 0 bridgehead atoms. The van der Waals surface area contributed by atoms with Gasteiger partial charge in [0.1, 0.15) is 0 Å². The molecule has 2 rings (SSSR count). The van der Waals surface area contributed by atoms with Crippen LogP contribution in [0.25, 0.3) is 0 Å². The predicted octanol–water partition coefficient (Wildman–Crippen LogP) is 3.38. The number of benzene rings is 2. The third-order valence-electron chi connectivity index (χ3n) is 3.27. The maximum atomic E-state index is 12.7. The van der Waals surface area contributed by atoms with Gasteiger partial charge in [0.15, 0.2) is 5.78 Å². The van der Waals surface area contributed by atoms with E-state index in [9.17, 15) is 13.2 Å². The van der Waals surface area contributed by atoms with Gasteiger partial charge in [-0.3, -0.25) is 9.10 Å². The van der Waals surface area contributed by atoms with E-state index in [-0.39, 0.29) is 12.3 Å². The van der Waals surface area contributed by atoms with Crippen LogP contribution in [-0.4, -0.2) is 20.7 Å². The molecule has 0 amide bonds. The van der Waals surface area contributed by atoms with Crippen LogP contribution >= 0.6 is 0 Å². The molecule has 0 aliphatic rings. The van der Waals surface area contributed by atoms with Crippen LogP contribution in [0.15, 0.2) is 79.2 Å². The van der Waals surface area contributed by atoms with Crippen molar-refractivity contribution in [3.63, 3.8) is 0 Å². The van der Waals surface area contributed by atoms with Gasteiger partial charge < -0.3 is 0 Å². The summed E-state index contributed by atoms with van der Waals surface area (Å²) in [5, 5.41) is 0.861. The van der Waals surface area contributed by atoms with E-state index < -0.39 is 10.0 Å². The van der Waals surface area contributed by atoms with Crippen LogP contribution in [0, 0.1) is 0 Å². The number of ketones is 1. The van der Waals surface area contributed by atoms with Crippen molar-refractivity contribution < 1.29 is 13.2 Å². The Balaban J connectivity index is 2.58. The average Bonchev–Trinajstić information content (AvgIpc) is 2.59. The highest BCUT2D eigenvalue weighted by Gasteiger charge is 2.23. The second kappa shape index (κ2) is 7.07. The molecule has 0 spiro atoms. The summed E-state index contributed by atoms with van der Waals surface area (Å²) in [6, 6.07) is 15.3. The first-order chi connectivity index (χ1) is 11.0. The molecule has 4 nitrogen and oxygen atoms in total. The number of sulfonamides is 1. The quantitative estimate of drug-likeness (QED) is 0.578. The van der Waals surface area contributed by atoms with Gasteiger partial charge in [0.05, 0.1) is 12.2 Å². The molecule has 0 aromatic heterocycles. The zero-order valence-electron chi connectivity index (χ0n) is 12.6. The molecule has 0 heterocycles. The molecule has 0 atom stereocenters. The van der Waals surface area contributed by atoms with Crippen LogP contribution in [0.2, 0.25) is 0 Å². The first kappa shape index (κ1) is 16.7. The highest BCUT2D eigenvalue weighted by atomic mass is 32.2. The van der Waals surface area contributed by atoms with E-state index in [2.05, 4.69) is 13.2 Å². The maximum absolute atomic E-state index is 12.7. The van der Waals surface area contributed by atoms with E-state index in [0.29, 0.717) is 16.8 Å². The van der Waals surface area contributed by atoms with Crippen molar-refractivity contribution in [1.82, 2.24) is 0 Å². The van der Waals surface area contributed by atoms with E-state index in [4.69, 9.17) is 0 Å². The Morgan fingerprint density at radius 2 is 1.61 bits per heavy atom. The Kier molecular flexibility index (Phi) is 5.13. The zero-order chi connectivity index (χ0) is 16.9. The predicted molar refractivity (Wildman–Crippen MR) is 93.0 cm³/mol. The SMILES string of the molecule is C=CCN(c1ccccc1C(=O)c1ccccc1)S(=O)(=O)C=C. The Morgan fingerprint density at radius 1 is 1.00 bits per heavy atom. The molecule has 0 unspecified atom stereocenters. The topological polar surface area (TPSA) is 54.5 Å². The van der Waals surface area contributed by atoms with Crippen LogP contribution in [0.4, 0.5) is 5.69 Å². The second-order valence-corrected chi connectivity index (χ2v) is 6.55. The molecule has 0 aliphatic heterocycles. The van der Waals surface area contributed by atoms with E-state index in [1.54, 1.807) is 48.5 Å². The van der Waals surface area contributed by atoms with E-state index in [1.165, 1.54) is 6.08 Å². The van der Waals surface area contributed by atoms with Gasteiger partial charge in [0.2, 0.25) is 0 Å². The Morgan fingerprint density at radius 3 is 2.22 bits per heavy atom. The molecule has 0 radical (unpaired) electrons. The standard InChI is InChI=1S/C18H17NO3S/c1-3-14-19(23(21,22)4-2)17-13-9-8-12-16(17)18(20)15-10-6-5-7-11-15/h3-13H,1-2,14H2. The fourth-order valence-electron chi connectivity index (χ4n) is 2.17. The van der Waals surface area contributed by atoms with Gasteiger partial charge in [-0.15, -0.1) is 6.58 Å². The first-order valence-electron chi connectivity index (χ1n) is 6.96. The molecule has 0 fully saturated rings. The second-order valence-electron chi connectivity index (χ2n) is 4.74. The molecule has 0 N–H and O–H groups in total. The lowest BCUT2D eigenvalue weighted by Crippen LogP contribution is -2.30. The third-order valence-corrected chi connectivity index (χ3v) is 4.65. The fraction of sp³-hybridized carbons (Fsp3) is 0.0556. The van der Waals surface area contributed by atoms with Gasteiger partial charge in [-0.05, 0) is 12.1 Å². The molecular weight excluding hydrogens is 310 g/mol. The number of nitrogens with zero attached hydrogens (tertiary/aromatic N) is 1. The summed E-state index contributed by atoms with van der Waals surface area (Å²) in [6.07, 6.45) is 1.46. The monoisotopic (exact) mass is 327 g/mol. The van der Waals surface area contributed by atoms with E-state index >= 15 is 0 Å². The molecule has 2 aromatic carbocycles. The minimum atomic E-state index is -3.74. The summed E-state index contributed by atoms with van der Waals surface area (Å²) in [5.41, 5.74) is 1.11. The molecule has 118 valence electrons. The van der Waals surface area contributed by atoms with Crippen molar-refractivity contribution in [2.24, 2.45) is 0 Å².